The van der Waals surface area contributed by atoms with Gasteiger partial charge in [-0.15, -0.1) is 0 Å². The number of carbonyl (C=O) groups is 1. The number of aliphatic carboxylic acids is 1. The van der Waals surface area contributed by atoms with Crippen molar-refractivity contribution in [1.82, 2.24) is 0 Å². The molecule has 16 heavy (non-hydrogen) atoms. The molecule has 0 spiro atoms. The van der Waals surface area contributed by atoms with Gasteiger partial charge in [0.1, 0.15) is 0 Å². The Morgan fingerprint density at radius 1 is 1.19 bits per heavy atom. The average Bonchev–Trinajstić information content (AvgIpc) is 2.14. The Balaban J connectivity index is 2.64. The summed E-state index contributed by atoms with van der Waals surface area (Å²) in [5.41, 5.74) is 1.63. The molecule has 0 amide bonds. The summed E-state index contributed by atoms with van der Waals surface area (Å²) in [4.78, 5) is 10.3. The maximum absolute atomic E-state index is 11.0. The van der Waals surface area contributed by atoms with E-state index in [0.717, 1.165) is 11.1 Å². The van der Waals surface area contributed by atoms with Crippen molar-refractivity contribution in [3.63, 3.8) is 0 Å². The Hall–Kier alpha value is -1.36. The number of carboxylic acids is 1. The summed E-state index contributed by atoms with van der Waals surface area (Å²) in [5.74, 6) is -0.813. The third-order valence-electron chi connectivity index (χ3n) is 2.08. The van der Waals surface area contributed by atoms with Gasteiger partial charge >= 0.3 is 5.97 Å². The van der Waals surface area contributed by atoms with Crippen LogP contribution in [0, 0.1) is 0 Å². The van der Waals surface area contributed by atoms with Crippen LogP contribution in [0.2, 0.25) is 0 Å². The monoisotopic (exact) mass is 242 g/mol. The van der Waals surface area contributed by atoms with Crippen molar-refractivity contribution in [3.05, 3.63) is 35.4 Å². The summed E-state index contributed by atoms with van der Waals surface area (Å²) in [6.07, 6.45) is 1.74. The highest BCUT2D eigenvalue weighted by Gasteiger charge is 2.04. The fraction of sp³-hybridized carbons (Fsp3) is 0.364. The van der Waals surface area contributed by atoms with Gasteiger partial charge in [-0.05, 0) is 17.5 Å². The minimum Gasteiger partial charge on any atom is -0.481 e. The Labute approximate surface area is 94.8 Å². The quantitative estimate of drug-likeness (QED) is 0.843. The Morgan fingerprint density at radius 2 is 1.69 bits per heavy atom. The van der Waals surface area contributed by atoms with Crippen molar-refractivity contribution in [2.75, 3.05) is 6.26 Å². The molecular weight excluding hydrogens is 228 g/mol. The number of sulfone groups is 1. The zero-order valence-electron chi connectivity index (χ0n) is 9.01. The van der Waals surface area contributed by atoms with E-state index in [1.807, 2.05) is 0 Å². The largest absolute Gasteiger partial charge is 0.481 e. The molecule has 0 aromatic heterocycles. The summed E-state index contributed by atoms with van der Waals surface area (Å²) in [5, 5.41) is 8.50. The molecule has 0 radical (unpaired) electrons. The molecule has 1 N–H and O–H groups in total. The van der Waals surface area contributed by atoms with Crippen LogP contribution in [-0.2, 0) is 26.8 Å². The minimum absolute atomic E-state index is 0.0201. The van der Waals surface area contributed by atoms with Gasteiger partial charge in [0, 0.05) is 12.7 Å². The van der Waals surface area contributed by atoms with Gasteiger partial charge in [0.25, 0.3) is 0 Å². The predicted octanol–water partition coefficient (Wildman–Crippen LogP) is 1.25. The fourth-order valence-electron chi connectivity index (χ4n) is 1.36. The second-order valence-corrected chi connectivity index (χ2v) is 5.92. The molecule has 4 nitrogen and oxygen atoms in total. The molecule has 1 rings (SSSR count). The van der Waals surface area contributed by atoms with Gasteiger partial charge in [-0.1, -0.05) is 24.3 Å². The highest BCUT2D eigenvalue weighted by Crippen LogP contribution is 2.09. The van der Waals surface area contributed by atoms with Crippen molar-refractivity contribution < 1.29 is 18.3 Å². The average molecular weight is 242 g/mol. The maximum Gasteiger partial charge on any atom is 0.303 e. The molecule has 1 aromatic carbocycles. The van der Waals surface area contributed by atoms with Crippen molar-refractivity contribution in [2.45, 2.75) is 18.6 Å². The lowest BCUT2D eigenvalue weighted by atomic mass is 10.1. The molecule has 0 aliphatic rings. The molecule has 0 heterocycles. The predicted molar refractivity (Wildman–Crippen MR) is 60.9 cm³/mol. The lowest BCUT2D eigenvalue weighted by Crippen LogP contribution is -2.01. The van der Waals surface area contributed by atoms with E-state index in [1.165, 1.54) is 6.26 Å². The third-order valence-corrected chi connectivity index (χ3v) is 2.94. The molecule has 0 aliphatic heterocycles. The Kier molecular flexibility index (Phi) is 4.06. The first-order valence-corrected chi connectivity index (χ1v) is 6.90. The summed E-state index contributed by atoms with van der Waals surface area (Å²) < 4.78 is 22.0. The van der Waals surface area contributed by atoms with Crippen molar-refractivity contribution in [1.29, 1.82) is 0 Å². The highest BCUT2D eigenvalue weighted by molar-refractivity contribution is 7.89. The Morgan fingerprint density at radius 3 is 2.12 bits per heavy atom. The number of rotatable bonds is 5. The fourth-order valence-corrected chi connectivity index (χ4v) is 2.15. The molecule has 5 heteroatoms. The van der Waals surface area contributed by atoms with E-state index in [1.54, 1.807) is 24.3 Å². The van der Waals surface area contributed by atoms with Crippen LogP contribution in [0.3, 0.4) is 0 Å². The van der Waals surface area contributed by atoms with E-state index in [2.05, 4.69) is 0 Å². The van der Waals surface area contributed by atoms with Gasteiger partial charge in [0.15, 0.2) is 9.84 Å². The first-order valence-electron chi connectivity index (χ1n) is 4.84. The first kappa shape index (κ1) is 12.7. The van der Waals surface area contributed by atoms with E-state index < -0.39 is 15.8 Å². The molecular formula is C11H14O4S. The first-order chi connectivity index (χ1) is 7.37. The van der Waals surface area contributed by atoms with Gasteiger partial charge in [0.2, 0.25) is 0 Å². The third kappa shape index (κ3) is 4.93. The van der Waals surface area contributed by atoms with E-state index in [4.69, 9.17) is 5.11 Å². The smallest absolute Gasteiger partial charge is 0.303 e. The van der Waals surface area contributed by atoms with E-state index in [9.17, 15) is 13.2 Å². The zero-order chi connectivity index (χ0) is 12.2. The van der Waals surface area contributed by atoms with Gasteiger partial charge in [-0.25, -0.2) is 8.42 Å². The van der Waals surface area contributed by atoms with Crippen molar-refractivity contribution in [3.8, 4) is 0 Å². The van der Waals surface area contributed by atoms with Crippen molar-refractivity contribution >= 4 is 15.8 Å². The molecule has 0 saturated heterocycles. The van der Waals surface area contributed by atoms with Gasteiger partial charge in [0.05, 0.1) is 5.75 Å². The van der Waals surface area contributed by atoms with Crippen LogP contribution in [0.25, 0.3) is 0 Å². The topological polar surface area (TPSA) is 71.4 Å². The van der Waals surface area contributed by atoms with Crippen LogP contribution in [0.5, 0.6) is 0 Å². The van der Waals surface area contributed by atoms with Gasteiger partial charge < -0.3 is 5.11 Å². The second-order valence-electron chi connectivity index (χ2n) is 3.78. The standard InChI is InChI=1S/C11H14O4S/c1-16(14,15)8-10-4-2-9(3-5-10)6-7-11(12)13/h2-5H,6-8H2,1H3,(H,12,13). The van der Waals surface area contributed by atoms with E-state index in [-0.39, 0.29) is 12.2 Å². The molecule has 1 aromatic rings. The molecule has 0 aliphatic carbocycles. The van der Waals surface area contributed by atoms with Crippen LogP contribution in [0.4, 0.5) is 0 Å². The summed E-state index contributed by atoms with van der Waals surface area (Å²) in [7, 11) is -3.01. The van der Waals surface area contributed by atoms with Crippen molar-refractivity contribution in [2.24, 2.45) is 0 Å². The van der Waals surface area contributed by atoms with E-state index in [0.29, 0.717) is 6.42 Å². The van der Waals surface area contributed by atoms with Crippen LogP contribution in [0.15, 0.2) is 24.3 Å². The maximum atomic E-state index is 11.0. The minimum atomic E-state index is -3.01. The van der Waals surface area contributed by atoms with Crippen LogP contribution >= 0.6 is 0 Å². The second kappa shape index (κ2) is 5.12. The number of aryl methyl sites for hydroxylation is 1. The van der Waals surface area contributed by atoms with Crippen LogP contribution < -0.4 is 0 Å². The van der Waals surface area contributed by atoms with Crippen LogP contribution in [-0.4, -0.2) is 25.7 Å². The molecule has 0 saturated carbocycles. The molecule has 0 bridgehead atoms. The number of benzene rings is 1. The molecule has 88 valence electrons. The summed E-state index contributed by atoms with van der Waals surface area (Å²) >= 11 is 0. The molecule has 0 atom stereocenters. The number of carboxylic acid groups (broad SMARTS) is 1. The van der Waals surface area contributed by atoms with E-state index >= 15 is 0 Å². The van der Waals surface area contributed by atoms with Crippen LogP contribution in [0.1, 0.15) is 17.5 Å². The Bertz CT molecular complexity index is 459. The van der Waals surface area contributed by atoms with Gasteiger partial charge in [-0.3, -0.25) is 4.79 Å². The lowest BCUT2D eigenvalue weighted by Gasteiger charge is -2.02. The highest BCUT2D eigenvalue weighted by atomic mass is 32.2. The number of hydrogen-bond donors (Lipinski definition) is 1. The summed E-state index contributed by atoms with van der Waals surface area (Å²) in [6.45, 7) is 0. The zero-order valence-corrected chi connectivity index (χ0v) is 9.83. The normalized spacial score (nSPS) is 11.3. The van der Waals surface area contributed by atoms with Gasteiger partial charge in [-0.2, -0.15) is 0 Å². The SMILES string of the molecule is CS(=O)(=O)Cc1ccc(CCC(=O)O)cc1. The lowest BCUT2D eigenvalue weighted by molar-refractivity contribution is -0.136. The molecule has 0 fully saturated rings. The summed E-state index contributed by atoms with van der Waals surface area (Å²) in [6, 6.07) is 6.98. The number of hydrogen-bond acceptors (Lipinski definition) is 3. The molecule has 0 unspecified atom stereocenters.